The van der Waals surface area contributed by atoms with Crippen LogP contribution in [0.25, 0.3) is 5.57 Å². The molecule has 0 saturated carbocycles. The normalized spacial score (nSPS) is 17.3. The first-order valence-corrected chi connectivity index (χ1v) is 9.86. The van der Waals surface area contributed by atoms with Crippen LogP contribution in [0, 0.1) is 24.2 Å². The van der Waals surface area contributed by atoms with Gasteiger partial charge in [-0.2, -0.15) is 5.26 Å². The van der Waals surface area contributed by atoms with Crippen molar-refractivity contribution in [1.29, 1.82) is 5.26 Å². The maximum Gasteiger partial charge on any atom is 0.262 e. The fraction of sp³-hybridized carbons (Fsp3) is 0.200. The molecular weight excluding hydrogens is 365 g/mol. The minimum atomic E-state index is -4.06. The molecule has 3 rings (SSSR count). The van der Waals surface area contributed by atoms with E-state index in [4.69, 9.17) is 5.26 Å². The second-order valence-corrected chi connectivity index (χ2v) is 8.10. The van der Waals surface area contributed by atoms with Crippen molar-refractivity contribution < 1.29 is 12.8 Å². The summed E-state index contributed by atoms with van der Waals surface area (Å²) >= 11 is 0. The van der Waals surface area contributed by atoms with E-state index in [0.717, 1.165) is 5.56 Å². The van der Waals surface area contributed by atoms with E-state index in [9.17, 15) is 12.8 Å². The van der Waals surface area contributed by atoms with E-state index in [-0.39, 0.29) is 10.7 Å². The van der Waals surface area contributed by atoms with Gasteiger partial charge in [0.1, 0.15) is 16.5 Å². The Labute approximate surface area is 157 Å². The van der Waals surface area contributed by atoms with Crippen LogP contribution in [0.4, 0.5) is 10.2 Å². The summed E-state index contributed by atoms with van der Waals surface area (Å²) in [5.41, 5.74) is 2.62. The maximum absolute atomic E-state index is 14.8. The number of nitriles is 1. The van der Waals surface area contributed by atoms with Crippen molar-refractivity contribution in [2.45, 2.75) is 20.3 Å². The lowest BCUT2D eigenvalue weighted by Crippen LogP contribution is -2.23. The van der Waals surface area contributed by atoms with Crippen LogP contribution >= 0.6 is 0 Å². The van der Waals surface area contributed by atoms with Crippen molar-refractivity contribution in [2.75, 3.05) is 4.72 Å². The fourth-order valence-electron chi connectivity index (χ4n) is 3.09. The van der Waals surface area contributed by atoms with Gasteiger partial charge in [0.05, 0.1) is 11.6 Å². The molecule has 1 aliphatic rings. The number of hydrogen-bond donors (Lipinski definition) is 1. The Morgan fingerprint density at radius 1 is 1.22 bits per heavy atom. The van der Waals surface area contributed by atoms with Gasteiger partial charge in [-0.1, -0.05) is 25.1 Å². The maximum atomic E-state index is 14.8. The first-order chi connectivity index (χ1) is 12.8. The Morgan fingerprint density at radius 3 is 2.52 bits per heavy atom. The number of aryl methyl sites for hydroxylation is 1. The number of halogens is 1. The summed E-state index contributed by atoms with van der Waals surface area (Å²) in [5, 5.41) is 8.87. The van der Waals surface area contributed by atoms with Gasteiger partial charge in [-0.25, -0.2) is 17.8 Å². The van der Waals surface area contributed by atoms with E-state index >= 15 is 0 Å². The molecule has 1 aromatic heterocycles. The predicted molar refractivity (Wildman–Crippen MR) is 103 cm³/mol. The standard InChI is InChI=1S/C20H18FN3O2S/c1-13-10-17(16-8-6-15(12-22)7-9-16)11-18(21)20(13)27(25,26)24-19-5-3-4-14(2)23-19/h3-9,11,13H,10H2,1-2H3,(H,23,24). The summed E-state index contributed by atoms with van der Waals surface area (Å²) in [6, 6.07) is 13.8. The molecule has 1 N–H and O–H groups in total. The molecule has 7 heteroatoms. The number of nitrogens with zero attached hydrogens (tertiary/aromatic N) is 2. The molecule has 0 radical (unpaired) electrons. The summed E-state index contributed by atoms with van der Waals surface area (Å²) in [6.45, 7) is 3.42. The first-order valence-electron chi connectivity index (χ1n) is 8.37. The molecule has 1 unspecified atom stereocenters. The van der Waals surface area contributed by atoms with Crippen molar-refractivity contribution >= 4 is 21.4 Å². The molecule has 0 fully saturated rings. The summed E-state index contributed by atoms with van der Waals surface area (Å²) < 4.78 is 42.5. The van der Waals surface area contributed by atoms with E-state index in [2.05, 4.69) is 9.71 Å². The van der Waals surface area contributed by atoms with Crippen LogP contribution in [0.2, 0.25) is 0 Å². The number of benzene rings is 1. The van der Waals surface area contributed by atoms with Gasteiger partial charge in [0.25, 0.3) is 10.0 Å². The Morgan fingerprint density at radius 2 is 1.93 bits per heavy atom. The first kappa shape index (κ1) is 18.8. The number of nitrogens with one attached hydrogen (secondary N) is 1. The average molecular weight is 383 g/mol. The van der Waals surface area contributed by atoms with Crippen molar-refractivity contribution in [3.8, 4) is 6.07 Å². The van der Waals surface area contributed by atoms with Crippen LogP contribution < -0.4 is 4.72 Å². The number of rotatable bonds is 4. The molecule has 1 atom stereocenters. The molecule has 0 amide bonds. The monoisotopic (exact) mass is 383 g/mol. The second-order valence-electron chi connectivity index (χ2n) is 6.45. The average Bonchev–Trinajstić information content (AvgIpc) is 2.60. The molecule has 1 aromatic carbocycles. The molecule has 2 aromatic rings. The molecule has 27 heavy (non-hydrogen) atoms. The highest BCUT2D eigenvalue weighted by Gasteiger charge is 2.31. The molecule has 0 bridgehead atoms. The number of anilines is 1. The van der Waals surface area contributed by atoms with Gasteiger partial charge >= 0.3 is 0 Å². The van der Waals surface area contributed by atoms with E-state index in [1.807, 2.05) is 6.07 Å². The summed E-state index contributed by atoms with van der Waals surface area (Å²) in [5.74, 6) is -1.17. The molecule has 0 aliphatic heterocycles. The number of hydrogen-bond acceptors (Lipinski definition) is 4. The molecule has 138 valence electrons. The van der Waals surface area contributed by atoms with Gasteiger partial charge in [-0.15, -0.1) is 0 Å². The Kier molecular flexibility index (Phi) is 5.10. The van der Waals surface area contributed by atoms with Crippen molar-refractivity contribution in [3.63, 3.8) is 0 Å². The van der Waals surface area contributed by atoms with Gasteiger partial charge in [-0.05, 0) is 54.8 Å². The fourth-order valence-corrected chi connectivity index (χ4v) is 4.51. The smallest absolute Gasteiger partial charge is 0.262 e. The van der Waals surface area contributed by atoms with Gasteiger partial charge in [-0.3, -0.25) is 4.72 Å². The van der Waals surface area contributed by atoms with Crippen LogP contribution in [0.3, 0.4) is 0 Å². The number of aromatic nitrogens is 1. The van der Waals surface area contributed by atoms with E-state index in [1.165, 1.54) is 12.1 Å². The zero-order chi connectivity index (χ0) is 19.6. The predicted octanol–water partition coefficient (Wildman–Crippen LogP) is 4.31. The Hall–Kier alpha value is -2.98. The highest BCUT2D eigenvalue weighted by molar-refractivity contribution is 7.96. The van der Waals surface area contributed by atoms with E-state index in [1.54, 1.807) is 50.2 Å². The van der Waals surface area contributed by atoms with Crippen LogP contribution in [0.15, 0.2) is 59.3 Å². The minimum Gasteiger partial charge on any atom is -0.264 e. The number of sulfonamides is 1. The van der Waals surface area contributed by atoms with Gasteiger partial charge in [0.2, 0.25) is 0 Å². The molecule has 1 heterocycles. The Balaban J connectivity index is 1.95. The summed E-state index contributed by atoms with van der Waals surface area (Å²) in [4.78, 5) is 3.83. The molecule has 5 nitrogen and oxygen atoms in total. The van der Waals surface area contributed by atoms with Crippen LogP contribution in [-0.2, 0) is 10.0 Å². The lowest BCUT2D eigenvalue weighted by molar-refractivity contribution is 0.575. The molecule has 0 spiro atoms. The third-order valence-electron chi connectivity index (χ3n) is 4.31. The topological polar surface area (TPSA) is 82.9 Å². The van der Waals surface area contributed by atoms with Crippen LogP contribution in [0.5, 0.6) is 0 Å². The number of allylic oxidation sites excluding steroid dienone is 4. The largest absolute Gasteiger partial charge is 0.264 e. The third kappa shape index (κ3) is 4.07. The highest BCUT2D eigenvalue weighted by Crippen LogP contribution is 2.38. The van der Waals surface area contributed by atoms with E-state index < -0.39 is 21.8 Å². The third-order valence-corrected chi connectivity index (χ3v) is 5.97. The SMILES string of the molecule is Cc1cccc(NS(=O)(=O)C2=C(F)C=C(c3ccc(C#N)cc3)CC2C)n1. The summed E-state index contributed by atoms with van der Waals surface area (Å²) in [6.07, 6.45) is 1.62. The van der Waals surface area contributed by atoms with Crippen molar-refractivity contribution in [2.24, 2.45) is 5.92 Å². The molecule has 0 saturated heterocycles. The molecule has 1 aliphatic carbocycles. The zero-order valence-corrected chi connectivity index (χ0v) is 15.7. The number of pyridine rings is 1. The van der Waals surface area contributed by atoms with Crippen molar-refractivity contribution in [1.82, 2.24) is 4.98 Å². The van der Waals surface area contributed by atoms with Crippen LogP contribution in [0.1, 0.15) is 30.2 Å². The quantitative estimate of drug-likeness (QED) is 0.853. The van der Waals surface area contributed by atoms with Gasteiger partial charge < -0.3 is 0 Å². The second kappa shape index (κ2) is 7.33. The zero-order valence-electron chi connectivity index (χ0n) is 14.9. The van der Waals surface area contributed by atoms with Crippen molar-refractivity contribution in [3.05, 3.63) is 76.1 Å². The highest BCUT2D eigenvalue weighted by atomic mass is 32.2. The van der Waals surface area contributed by atoms with Crippen LogP contribution in [-0.4, -0.2) is 13.4 Å². The van der Waals surface area contributed by atoms with Gasteiger partial charge in [0, 0.05) is 11.6 Å². The van der Waals surface area contributed by atoms with E-state index in [0.29, 0.717) is 23.3 Å². The lowest BCUT2D eigenvalue weighted by atomic mass is 9.90. The van der Waals surface area contributed by atoms with Gasteiger partial charge in [0.15, 0.2) is 0 Å². The molecular formula is C20H18FN3O2S. The lowest BCUT2D eigenvalue weighted by Gasteiger charge is -2.23. The Bertz CT molecular complexity index is 1080. The summed E-state index contributed by atoms with van der Waals surface area (Å²) in [7, 11) is -4.06. The minimum absolute atomic E-state index is 0.157.